The lowest BCUT2D eigenvalue weighted by Crippen LogP contribution is -2.20. The number of ether oxygens (including phenoxy) is 1. The van der Waals surface area contributed by atoms with Gasteiger partial charge in [-0.15, -0.1) is 0 Å². The monoisotopic (exact) mass is 285 g/mol. The predicted molar refractivity (Wildman–Crippen MR) is 67.4 cm³/mol. The van der Waals surface area contributed by atoms with Gasteiger partial charge in [-0.25, -0.2) is 0 Å². The quantitative estimate of drug-likeness (QED) is 0.825. The number of hydrogen-bond donors (Lipinski definition) is 1. The molecule has 2 rings (SSSR count). The zero-order chi connectivity index (χ0) is 14.4. The van der Waals surface area contributed by atoms with Crippen molar-refractivity contribution >= 4 is 0 Å². The third-order valence-corrected chi connectivity index (χ3v) is 2.64. The maximum Gasteiger partial charge on any atom is 0.416 e. The summed E-state index contributed by atoms with van der Waals surface area (Å²) in [4.78, 5) is 0. The molecule has 1 aromatic carbocycles. The second kappa shape index (κ2) is 6.47. The standard InChI is InChI=1S/C14H14F3NO2/c15-14(16,17)12-1-3-13(4-2-12)20-8-6-18-9-11-5-7-19-10-11/h1-5,7,10,18H,6,8-9H2. The number of nitrogens with one attached hydrogen (secondary N) is 1. The summed E-state index contributed by atoms with van der Waals surface area (Å²) in [6.07, 6.45) is -1.08. The van der Waals surface area contributed by atoms with Gasteiger partial charge in [0.2, 0.25) is 0 Å². The van der Waals surface area contributed by atoms with Gasteiger partial charge >= 0.3 is 6.18 Å². The molecule has 3 nitrogen and oxygen atoms in total. The molecule has 20 heavy (non-hydrogen) atoms. The summed E-state index contributed by atoms with van der Waals surface area (Å²) in [5.41, 5.74) is 0.350. The summed E-state index contributed by atoms with van der Waals surface area (Å²) < 4.78 is 47.3. The maximum absolute atomic E-state index is 12.3. The van der Waals surface area contributed by atoms with Crippen molar-refractivity contribution in [2.45, 2.75) is 12.7 Å². The lowest BCUT2D eigenvalue weighted by Gasteiger charge is -2.09. The van der Waals surface area contributed by atoms with E-state index in [4.69, 9.17) is 9.15 Å². The average molecular weight is 285 g/mol. The van der Waals surface area contributed by atoms with Crippen LogP contribution < -0.4 is 10.1 Å². The number of hydrogen-bond acceptors (Lipinski definition) is 3. The Morgan fingerprint density at radius 3 is 2.45 bits per heavy atom. The largest absolute Gasteiger partial charge is 0.492 e. The lowest BCUT2D eigenvalue weighted by molar-refractivity contribution is -0.137. The van der Waals surface area contributed by atoms with Gasteiger partial charge in [-0.3, -0.25) is 0 Å². The first-order valence-electron chi connectivity index (χ1n) is 6.07. The van der Waals surface area contributed by atoms with Crippen LogP contribution in [0.25, 0.3) is 0 Å². The molecular weight excluding hydrogens is 271 g/mol. The van der Waals surface area contributed by atoms with Gasteiger partial charge in [0, 0.05) is 18.7 Å². The molecule has 1 N–H and O–H groups in total. The van der Waals surface area contributed by atoms with Gasteiger partial charge in [-0.2, -0.15) is 13.2 Å². The molecule has 0 amide bonds. The number of rotatable bonds is 6. The highest BCUT2D eigenvalue weighted by molar-refractivity contribution is 5.28. The summed E-state index contributed by atoms with van der Waals surface area (Å²) in [6.45, 7) is 1.63. The Labute approximate surface area is 114 Å². The van der Waals surface area contributed by atoms with Crippen molar-refractivity contribution in [2.75, 3.05) is 13.2 Å². The lowest BCUT2D eigenvalue weighted by atomic mass is 10.2. The van der Waals surface area contributed by atoms with E-state index in [9.17, 15) is 13.2 Å². The fraction of sp³-hybridized carbons (Fsp3) is 0.286. The van der Waals surface area contributed by atoms with Crippen LogP contribution in [0, 0.1) is 0 Å². The van der Waals surface area contributed by atoms with Crippen molar-refractivity contribution in [1.29, 1.82) is 0 Å². The molecular formula is C14H14F3NO2. The van der Waals surface area contributed by atoms with E-state index in [1.165, 1.54) is 12.1 Å². The van der Waals surface area contributed by atoms with Crippen LogP contribution in [0.3, 0.4) is 0 Å². The topological polar surface area (TPSA) is 34.4 Å². The van der Waals surface area contributed by atoms with E-state index in [0.29, 0.717) is 25.4 Å². The van der Waals surface area contributed by atoms with Crippen LogP contribution in [0.1, 0.15) is 11.1 Å². The van der Waals surface area contributed by atoms with Gasteiger partial charge in [-0.1, -0.05) is 0 Å². The molecule has 0 radical (unpaired) electrons. The summed E-state index contributed by atoms with van der Waals surface area (Å²) in [7, 11) is 0. The summed E-state index contributed by atoms with van der Waals surface area (Å²) in [5.74, 6) is 0.420. The van der Waals surface area contributed by atoms with E-state index in [1.807, 2.05) is 6.07 Å². The molecule has 0 spiro atoms. The van der Waals surface area contributed by atoms with Gasteiger partial charge in [0.05, 0.1) is 18.1 Å². The van der Waals surface area contributed by atoms with E-state index in [2.05, 4.69) is 5.32 Å². The Bertz CT molecular complexity index is 506. The summed E-state index contributed by atoms with van der Waals surface area (Å²) in [5, 5.41) is 3.13. The molecule has 0 aliphatic heterocycles. The number of furan rings is 1. The van der Waals surface area contributed by atoms with Crippen LogP contribution in [0.5, 0.6) is 5.75 Å². The molecule has 0 aliphatic carbocycles. The third-order valence-electron chi connectivity index (χ3n) is 2.64. The molecule has 6 heteroatoms. The van der Waals surface area contributed by atoms with Crippen molar-refractivity contribution in [3.8, 4) is 5.75 Å². The van der Waals surface area contributed by atoms with Crippen molar-refractivity contribution in [3.63, 3.8) is 0 Å². The second-order valence-electron chi connectivity index (χ2n) is 4.18. The van der Waals surface area contributed by atoms with E-state index >= 15 is 0 Å². The Kier molecular flexibility index (Phi) is 4.68. The zero-order valence-electron chi connectivity index (χ0n) is 10.6. The van der Waals surface area contributed by atoms with Gasteiger partial charge in [-0.05, 0) is 30.3 Å². The van der Waals surface area contributed by atoms with Crippen LogP contribution in [0.4, 0.5) is 13.2 Å². The Hall–Kier alpha value is -1.95. The van der Waals surface area contributed by atoms with Crippen molar-refractivity contribution < 1.29 is 22.3 Å². The summed E-state index contributed by atoms with van der Waals surface area (Å²) >= 11 is 0. The number of benzene rings is 1. The van der Waals surface area contributed by atoms with E-state index in [0.717, 1.165) is 17.7 Å². The van der Waals surface area contributed by atoms with Crippen LogP contribution >= 0.6 is 0 Å². The van der Waals surface area contributed by atoms with Crippen LogP contribution in [0.15, 0.2) is 47.3 Å². The second-order valence-corrected chi connectivity index (χ2v) is 4.18. The highest BCUT2D eigenvalue weighted by Crippen LogP contribution is 2.30. The zero-order valence-corrected chi connectivity index (χ0v) is 10.6. The van der Waals surface area contributed by atoms with Crippen LogP contribution in [0.2, 0.25) is 0 Å². The molecule has 1 aromatic heterocycles. The van der Waals surface area contributed by atoms with Gasteiger partial charge in [0.15, 0.2) is 0 Å². The number of alkyl halides is 3. The minimum Gasteiger partial charge on any atom is -0.492 e. The molecule has 0 saturated carbocycles. The molecule has 0 saturated heterocycles. The Morgan fingerprint density at radius 1 is 1.10 bits per heavy atom. The molecule has 108 valence electrons. The normalized spacial score (nSPS) is 11.6. The summed E-state index contributed by atoms with van der Waals surface area (Å²) in [6, 6.07) is 6.50. The molecule has 2 aromatic rings. The third kappa shape index (κ3) is 4.31. The van der Waals surface area contributed by atoms with E-state index in [1.54, 1.807) is 12.5 Å². The average Bonchev–Trinajstić information content (AvgIpc) is 2.91. The highest BCUT2D eigenvalue weighted by Gasteiger charge is 2.29. The van der Waals surface area contributed by atoms with Gasteiger partial charge in [0.25, 0.3) is 0 Å². The van der Waals surface area contributed by atoms with Gasteiger partial charge in [0.1, 0.15) is 12.4 Å². The highest BCUT2D eigenvalue weighted by atomic mass is 19.4. The van der Waals surface area contributed by atoms with Crippen molar-refractivity contribution in [3.05, 3.63) is 54.0 Å². The Morgan fingerprint density at radius 2 is 1.85 bits per heavy atom. The first-order valence-corrected chi connectivity index (χ1v) is 6.07. The number of halogens is 3. The molecule has 1 heterocycles. The fourth-order valence-corrected chi connectivity index (χ4v) is 1.61. The van der Waals surface area contributed by atoms with E-state index in [-0.39, 0.29) is 0 Å². The van der Waals surface area contributed by atoms with Gasteiger partial charge < -0.3 is 14.5 Å². The first-order chi connectivity index (χ1) is 9.55. The predicted octanol–water partition coefficient (Wildman–Crippen LogP) is 3.47. The van der Waals surface area contributed by atoms with Crippen LogP contribution in [-0.2, 0) is 12.7 Å². The SMILES string of the molecule is FC(F)(F)c1ccc(OCCNCc2ccoc2)cc1. The van der Waals surface area contributed by atoms with Crippen molar-refractivity contribution in [2.24, 2.45) is 0 Å². The molecule has 0 fully saturated rings. The minimum atomic E-state index is -4.31. The molecule has 0 aliphatic rings. The molecule has 0 bridgehead atoms. The molecule has 0 atom stereocenters. The Balaban J connectivity index is 1.69. The fourth-order valence-electron chi connectivity index (χ4n) is 1.61. The van der Waals surface area contributed by atoms with E-state index < -0.39 is 11.7 Å². The van der Waals surface area contributed by atoms with Crippen molar-refractivity contribution in [1.82, 2.24) is 5.32 Å². The molecule has 0 unspecified atom stereocenters. The first kappa shape index (κ1) is 14.5. The maximum atomic E-state index is 12.3. The minimum absolute atomic E-state index is 0.378. The smallest absolute Gasteiger partial charge is 0.416 e. The van der Waals surface area contributed by atoms with Crippen LogP contribution in [-0.4, -0.2) is 13.2 Å².